The molecule has 0 amide bonds. The summed E-state index contributed by atoms with van der Waals surface area (Å²) in [6.07, 6.45) is 1.98. The molecule has 154 valence electrons. The highest BCUT2D eigenvalue weighted by Gasteiger charge is 2.21. The Morgan fingerprint density at radius 3 is 2.43 bits per heavy atom. The molecule has 2 heterocycles. The van der Waals surface area contributed by atoms with E-state index in [1.807, 2.05) is 65.2 Å². The number of fused-ring (bicyclic) bond motifs is 1. The summed E-state index contributed by atoms with van der Waals surface area (Å²) in [6.45, 7) is 6.81. The van der Waals surface area contributed by atoms with Gasteiger partial charge in [-0.3, -0.25) is 4.40 Å². The Bertz CT molecular complexity index is 1180. The third-order valence-electron chi connectivity index (χ3n) is 4.54. The van der Waals surface area contributed by atoms with Crippen molar-refractivity contribution in [1.82, 2.24) is 9.38 Å². The van der Waals surface area contributed by atoms with Gasteiger partial charge in [-0.05, 0) is 50.6 Å². The number of anilines is 1. The molecule has 30 heavy (non-hydrogen) atoms. The van der Waals surface area contributed by atoms with Crippen molar-refractivity contribution in [1.29, 1.82) is 0 Å². The van der Waals surface area contributed by atoms with Gasteiger partial charge in [0.2, 0.25) is 0 Å². The van der Waals surface area contributed by atoms with Gasteiger partial charge in [-0.15, -0.1) is 0 Å². The third kappa shape index (κ3) is 4.40. The van der Waals surface area contributed by atoms with Crippen molar-refractivity contribution >= 4 is 34.7 Å². The first-order valence-corrected chi connectivity index (χ1v) is 10.5. The van der Waals surface area contributed by atoms with Crippen molar-refractivity contribution in [3.05, 3.63) is 82.5 Å². The zero-order valence-electron chi connectivity index (χ0n) is 17.1. The molecular formula is C24H23Cl2N3O. The van der Waals surface area contributed by atoms with Crippen LogP contribution in [-0.2, 0) is 6.61 Å². The molecular weight excluding hydrogens is 417 g/mol. The number of benzene rings is 2. The van der Waals surface area contributed by atoms with Crippen molar-refractivity contribution in [2.75, 3.05) is 5.32 Å². The average Bonchev–Trinajstić information content (AvgIpc) is 3.07. The van der Waals surface area contributed by atoms with Gasteiger partial charge < -0.3 is 10.1 Å². The van der Waals surface area contributed by atoms with E-state index in [2.05, 4.69) is 26.1 Å². The predicted octanol–water partition coefficient (Wildman–Crippen LogP) is 7.10. The van der Waals surface area contributed by atoms with Gasteiger partial charge in [0.15, 0.2) is 11.4 Å². The summed E-state index contributed by atoms with van der Waals surface area (Å²) in [5.74, 6) is 1.59. The minimum Gasteiger partial charge on any atom is -0.485 e. The minimum atomic E-state index is -0.165. The topological polar surface area (TPSA) is 38.6 Å². The van der Waals surface area contributed by atoms with Gasteiger partial charge in [-0.25, -0.2) is 4.98 Å². The van der Waals surface area contributed by atoms with Crippen LogP contribution < -0.4 is 10.1 Å². The minimum absolute atomic E-state index is 0.165. The maximum absolute atomic E-state index is 6.29. The highest BCUT2D eigenvalue weighted by molar-refractivity contribution is 6.42. The average molecular weight is 440 g/mol. The standard InChI is InChI=1S/C24H23Cl2N3O/c1-24(2,3)28-23-21(17-11-12-18(25)19(26)14-17)27-22-20(10-7-13-29(22)23)30-15-16-8-5-4-6-9-16/h4-14,28H,15H2,1-3H3. The Morgan fingerprint density at radius 2 is 1.73 bits per heavy atom. The molecule has 2 aromatic carbocycles. The van der Waals surface area contributed by atoms with Gasteiger partial charge in [-0.1, -0.05) is 59.6 Å². The zero-order chi connectivity index (χ0) is 21.3. The molecule has 4 nitrogen and oxygen atoms in total. The number of hydrogen-bond acceptors (Lipinski definition) is 3. The quantitative estimate of drug-likeness (QED) is 0.360. The number of aromatic nitrogens is 2. The van der Waals surface area contributed by atoms with E-state index in [0.717, 1.165) is 28.3 Å². The second-order valence-electron chi connectivity index (χ2n) is 8.15. The Balaban J connectivity index is 1.81. The van der Waals surface area contributed by atoms with Crippen LogP contribution in [0, 0.1) is 0 Å². The molecule has 4 aromatic rings. The number of hydrogen-bond donors (Lipinski definition) is 1. The molecule has 0 aliphatic rings. The van der Waals surface area contributed by atoms with E-state index in [-0.39, 0.29) is 5.54 Å². The van der Waals surface area contributed by atoms with Crippen LogP contribution in [0.25, 0.3) is 16.9 Å². The fraction of sp³-hybridized carbons (Fsp3) is 0.208. The lowest BCUT2D eigenvalue weighted by Gasteiger charge is -2.22. The second-order valence-corrected chi connectivity index (χ2v) is 8.97. The Kier molecular flexibility index (Phi) is 5.63. The number of nitrogens with one attached hydrogen (secondary N) is 1. The number of ether oxygens (including phenoxy) is 1. The summed E-state index contributed by atoms with van der Waals surface area (Å²) in [4.78, 5) is 4.92. The summed E-state index contributed by atoms with van der Waals surface area (Å²) in [5, 5.41) is 4.58. The van der Waals surface area contributed by atoms with Crippen molar-refractivity contribution in [3.63, 3.8) is 0 Å². The van der Waals surface area contributed by atoms with Gasteiger partial charge in [0, 0.05) is 17.3 Å². The van der Waals surface area contributed by atoms with Crippen LogP contribution in [0.5, 0.6) is 5.75 Å². The third-order valence-corrected chi connectivity index (χ3v) is 5.28. The fourth-order valence-electron chi connectivity index (χ4n) is 3.21. The highest BCUT2D eigenvalue weighted by Crippen LogP contribution is 2.36. The predicted molar refractivity (Wildman–Crippen MR) is 125 cm³/mol. The molecule has 0 aliphatic heterocycles. The van der Waals surface area contributed by atoms with E-state index < -0.39 is 0 Å². The van der Waals surface area contributed by atoms with Crippen LogP contribution in [0.1, 0.15) is 26.3 Å². The van der Waals surface area contributed by atoms with Crippen LogP contribution >= 0.6 is 23.2 Å². The Morgan fingerprint density at radius 1 is 0.967 bits per heavy atom. The van der Waals surface area contributed by atoms with E-state index in [1.54, 1.807) is 6.07 Å². The Labute approximate surface area is 186 Å². The molecule has 4 rings (SSSR count). The van der Waals surface area contributed by atoms with Crippen LogP contribution in [0.2, 0.25) is 10.0 Å². The molecule has 6 heteroatoms. The molecule has 2 aromatic heterocycles. The van der Waals surface area contributed by atoms with Gasteiger partial charge >= 0.3 is 0 Å². The number of imidazole rings is 1. The molecule has 0 saturated heterocycles. The lowest BCUT2D eigenvalue weighted by molar-refractivity contribution is 0.308. The zero-order valence-corrected chi connectivity index (χ0v) is 18.6. The number of pyridine rings is 1. The van der Waals surface area contributed by atoms with Gasteiger partial charge in [0.25, 0.3) is 0 Å². The van der Waals surface area contributed by atoms with Gasteiger partial charge in [0.1, 0.15) is 18.1 Å². The molecule has 0 aliphatic carbocycles. The maximum Gasteiger partial charge on any atom is 0.181 e. The summed E-state index contributed by atoms with van der Waals surface area (Å²) in [6, 6.07) is 19.5. The van der Waals surface area contributed by atoms with Gasteiger partial charge in [0.05, 0.1) is 10.0 Å². The molecule has 0 atom stereocenters. The molecule has 0 fully saturated rings. The first kappa shape index (κ1) is 20.6. The fourth-order valence-corrected chi connectivity index (χ4v) is 3.51. The number of halogens is 2. The lowest BCUT2D eigenvalue weighted by Crippen LogP contribution is -2.27. The highest BCUT2D eigenvalue weighted by atomic mass is 35.5. The molecule has 0 unspecified atom stereocenters. The smallest absolute Gasteiger partial charge is 0.181 e. The van der Waals surface area contributed by atoms with Crippen LogP contribution in [-0.4, -0.2) is 14.9 Å². The van der Waals surface area contributed by atoms with Crippen molar-refractivity contribution in [2.45, 2.75) is 32.9 Å². The van der Waals surface area contributed by atoms with E-state index in [1.165, 1.54) is 0 Å². The summed E-state index contributed by atoms with van der Waals surface area (Å²) in [5.41, 5.74) is 3.35. The Hall–Kier alpha value is -2.69. The summed E-state index contributed by atoms with van der Waals surface area (Å²) >= 11 is 12.4. The van der Waals surface area contributed by atoms with E-state index in [9.17, 15) is 0 Å². The van der Waals surface area contributed by atoms with Crippen molar-refractivity contribution < 1.29 is 4.74 Å². The van der Waals surface area contributed by atoms with Crippen LogP contribution in [0.3, 0.4) is 0 Å². The SMILES string of the molecule is CC(C)(C)Nc1c(-c2ccc(Cl)c(Cl)c2)nc2c(OCc3ccccc3)cccn12. The first-order valence-electron chi connectivity index (χ1n) is 9.73. The first-order chi connectivity index (χ1) is 14.3. The lowest BCUT2D eigenvalue weighted by atomic mass is 10.1. The molecule has 0 saturated carbocycles. The number of nitrogens with zero attached hydrogens (tertiary/aromatic N) is 2. The van der Waals surface area contributed by atoms with E-state index in [4.69, 9.17) is 32.9 Å². The van der Waals surface area contributed by atoms with E-state index >= 15 is 0 Å². The summed E-state index contributed by atoms with van der Waals surface area (Å²) in [7, 11) is 0. The van der Waals surface area contributed by atoms with Crippen molar-refractivity contribution in [3.8, 4) is 17.0 Å². The molecule has 0 radical (unpaired) electrons. The van der Waals surface area contributed by atoms with Crippen LogP contribution in [0.15, 0.2) is 66.9 Å². The molecule has 0 bridgehead atoms. The van der Waals surface area contributed by atoms with Gasteiger partial charge in [-0.2, -0.15) is 0 Å². The van der Waals surface area contributed by atoms with Crippen LogP contribution in [0.4, 0.5) is 5.82 Å². The second kappa shape index (κ2) is 8.21. The van der Waals surface area contributed by atoms with Crippen molar-refractivity contribution in [2.24, 2.45) is 0 Å². The maximum atomic E-state index is 6.29. The normalized spacial score (nSPS) is 11.6. The van der Waals surface area contributed by atoms with E-state index in [0.29, 0.717) is 22.4 Å². The summed E-state index contributed by atoms with van der Waals surface area (Å²) < 4.78 is 8.14. The largest absolute Gasteiger partial charge is 0.485 e. The molecule has 1 N–H and O–H groups in total. The number of rotatable bonds is 5. The molecule has 0 spiro atoms. The monoisotopic (exact) mass is 439 g/mol.